The minimum atomic E-state index is -0.718. The van der Waals surface area contributed by atoms with Crippen molar-refractivity contribution in [2.75, 3.05) is 32.7 Å². The van der Waals surface area contributed by atoms with Gasteiger partial charge in [0, 0.05) is 33.1 Å². The number of amides is 3. The zero-order valence-corrected chi connectivity index (χ0v) is 11.7. The summed E-state index contributed by atoms with van der Waals surface area (Å²) in [6.45, 7) is 3.37. The Hall–Kier alpha value is -1.70. The van der Waals surface area contributed by atoms with Gasteiger partial charge in [0.05, 0.1) is 11.5 Å². The van der Waals surface area contributed by atoms with Crippen molar-refractivity contribution < 1.29 is 14.4 Å². The molecule has 1 aliphatic heterocycles. The smallest absolute Gasteiger partial charge is 0.311 e. The lowest BCUT2D eigenvalue weighted by atomic mass is 10.3. The normalized spacial score (nSPS) is 15.6. The van der Waals surface area contributed by atoms with Crippen LogP contribution in [0.15, 0.2) is 0 Å². The average molecular weight is 286 g/mol. The Kier molecular flexibility index (Phi) is 5.68. The van der Waals surface area contributed by atoms with Crippen LogP contribution in [0, 0.1) is 0 Å². The van der Waals surface area contributed by atoms with Crippen LogP contribution in [0.4, 0.5) is 0 Å². The Morgan fingerprint density at radius 1 is 1.16 bits per heavy atom. The van der Waals surface area contributed by atoms with E-state index in [-0.39, 0.29) is 17.4 Å². The van der Waals surface area contributed by atoms with Crippen LogP contribution >= 0.6 is 12.2 Å². The molecule has 7 nitrogen and oxygen atoms in total. The van der Waals surface area contributed by atoms with E-state index in [4.69, 9.17) is 5.73 Å². The highest BCUT2D eigenvalue weighted by atomic mass is 32.1. The third-order valence-electron chi connectivity index (χ3n) is 2.85. The lowest BCUT2D eigenvalue weighted by molar-refractivity contribution is -0.145. The summed E-state index contributed by atoms with van der Waals surface area (Å²) in [5, 5.41) is 2.36. The summed E-state index contributed by atoms with van der Waals surface area (Å²) in [7, 11) is 0. The van der Waals surface area contributed by atoms with Crippen LogP contribution in [0.25, 0.3) is 0 Å². The fraction of sp³-hybridized carbons (Fsp3) is 0.636. The molecule has 0 radical (unpaired) electrons. The van der Waals surface area contributed by atoms with Crippen molar-refractivity contribution in [3.05, 3.63) is 0 Å². The summed E-state index contributed by atoms with van der Waals surface area (Å²) < 4.78 is 0. The number of hydrogen-bond acceptors (Lipinski definition) is 4. The van der Waals surface area contributed by atoms with E-state index in [1.54, 1.807) is 4.90 Å². The molecule has 1 saturated heterocycles. The van der Waals surface area contributed by atoms with Crippen LogP contribution in [-0.4, -0.2) is 65.2 Å². The summed E-state index contributed by atoms with van der Waals surface area (Å²) in [5.41, 5.74) is 5.24. The standard InChI is InChI=1S/C11H18N4O3S/c1-8(16)14-3-2-4-15(6-5-14)11(18)10(17)13-7-9(12)19/h2-7H2,1H3,(H2,12,19)(H,13,17). The molecule has 0 bridgehead atoms. The SMILES string of the molecule is CC(=O)N1CCCN(C(=O)C(=O)NCC(N)=S)CC1. The van der Waals surface area contributed by atoms with Crippen molar-refractivity contribution in [1.29, 1.82) is 0 Å². The molecule has 0 saturated carbocycles. The molecule has 1 aliphatic rings. The van der Waals surface area contributed by atoms with Gasteiger partial charge in [0.15, 0.2) is 0 Å². The molecule has 19 heavy (non-hydrogen) atoms. The van der Waals surface area contributed by atoms with Gasteiger partial charge in [-0.3, -0.25) is 14.4 Å². The number of nitrogens with one attached hydrogen (secondary N) is 1. The first-order chi connectivity index (χ1) is 8.91. The van der Waals surface area contributed by atoms with Gasteiger partial charge in [-0.1, -0.05) is 12.2 Å². The van der Waals surface area contributed by atoms with Gasteiger partial charge in [-0.05, 0) is 6.42 Å². The molecule has 0 atom stereocenters. The van der Waals surface area contributed by atoms with Gasteiger partial charge in [-0.25, -0.2) is 0 Å². The number of hydrogen-bond donors (Lipinski definition) is 2. The molecule has 1 fully saturated rings. The largest absolute Gasteiger partial charge is 0.392 e. The van der Waals surface area contributed by atoms with Crippen LogP contribution in [0.2, 0.25) is 0 Å². The monoisotopic (exact) mass is 286 g/mol. The van der Waals surface area contributed by atoms with Gasteiger partial charge in [0.25, 0.3) is 0 Å². The highest BCUT2D eigenvalue weighted by Gasteiger charge is 2.24. The second-order valence-corrected chi connectivity index (χ2v) is 4.83. The van der Waals surface area contributed by atoms with Crippen LogP contribution < -0.4 is 11.1 Å². The van der Waals surface area contributed by atoms with Gasteiger partial charge in [-0.15, -0.1) is 0 Å². The quantitative estimate of drug-likeness (QED) is 0.474. The third kappa shape index (κ3) is 4.82. The summed E-state index contributed by atoms with van der Waals surface area (Å²) in [6, 6.07) is 0. The van der Waals surface area contributed by atoms with Crippen molar-refractivity contribution in [1.82, 2.24) is 15.1 Å². The van der Waals surface area contributed by atoms with E-state index in [9.17, 15) is 14.4 Å². The maximum Gasteiger partial charge on any atom is 0.311 e. The second-order valence-electron chi connectivity index (χ2n) is 4.30. The van der Waals surface area contributed by atoms with Crippen molar-refractivity contribution in [3.63, 3.8) is 0 Å². The first-order valence-corrected chi connectivity index (χ1v) is 6.43. The van der Waals surface area contributed by atoms with Crippen LogP contribution in [0.5, 0.6) is 0 Å². The Balaban J connectivity index is 2.51. The summed E-state index contributed by atoms with van der Waals surface area (Å²) in [5.74, 6) is -1.35. The Morgan fingerprint density at radius 3 is 2.32 bits per heavy atom. The van der Waals surface area contributed by atoms with Crippen molar-refractivity contribution in [2.45, 2.75) is 13.3 Å². The number of carbonyl (C=O) groups excluding carboxylic acids is 3. The van der Waals surface area contributed by atoms with Gasteiger partial charge < -0.3 is 20.9 Å². The molecule has 1 rings (SSSR count). The molecule has 0 aliphatic carbocycles. The first-order valence-electron chi connectivity index (χ1n) is 6.02. The summed E-state index contributed by atoms with van der Waals surface area (Å²) in [6.07, 6.45) is 0.661. The molecule has 0 unspecified atom stereocenters. The molecule has 0 spiro atoms. The highest BCUT2D eigenvalue weighted by molar-refractivity contribution is 7.80. The predicted molar refractivity (Wildman–Crippen MR) is 73.2 cm³/mol. The Morgan fingerprint density at radius 2 is 1.74 bits per heavy atom. The molecule has 0 aromatic carbocycles. The highest BCUT2D eigenvalue weighted by Crippen LogP contribution is 2.03. The number of thiocarbonyl (C=S) groups is 1. The number of carbonyl (C=O) groups is 3. The van der Waals surface area contributed by atoms with Crippen molar-refractivity contribution >= 4 is 34.9 Å². The van der Waals surface area contributed by atoms with E-state index in [1.807, 2.05) is 0 Å². The molecule has 3 N–H and O–H groups in total. The maximum atomic E-state index is 11.9. The molecular weight excluding hydrogens is 268 g/mol. The average Bonchev–Trinajstić information content (AvgIpc) is 2.60. The van der Waals surface area contributed by atoms with Crippen molar-refractivity contribution in [3.8, 4) is 0 Å². The molecule has 0 aromatic heterocycles. The number of nitrogens with two attached hydrogens (primary N) is 1. The van der Waals surface area contributed by atoms with E-state index in [1.165, 1.54) is 11.8 Å². The first kappa shape index (κ1) is 15.4. The number of nitrogens with zero attached hydrogens (tertiary/aromatic N) is 2. The van der Waals surface area contributed by atoms with Gasteiger partial charge >= 0.3 is 11.8 Å². The van der Waals surface area contributed by atoms with E-state index in [0.717, 1.165) is 0 Å². The van der Waals surface area contributed by atoms with Crippen LogP contribution in [-0.2, 0) is 14.4 Å². The zero-order chi connectivity index (χ0) is 14.4. The summed E-state index contributed by atoms with van der Waals surface area (Å²) in [4.78, 5) is 37.9. The van der Waals surface area contributed by atoms with E-state index in [2.05, 4.69) is 17.5 Å². The van der Waals surface area contributed by atoms with E-state index >= 15 is 0 Å². The van der Waals surface area contributed by atoms with Crippen LogP contribution in [0.1, 0.15) is 13.3 Å². The molecular formula is C11H18N4O3S. The van der Waals surface area contributed by atoms with Crippen LogP contribution in [0.3, 0.4) is 0 Å². The molecule has 106 valence electrons. The lowest BCUT2D eigenvalue weighted by Crippen LogP contribution is -2.46. The lowest BCUT2D eigenvalue weighted by Gasteiger charge is -2.20. The molecule has 1 heterocycles. The minimum Gasteiger partial charge on any atom is -0.392 e. The fourth-order valence-electron chi connectivity index (χ4n) is 1.82. The van der Waals surface area contributed by atoms with E-state index in [0.29, 0.717) is 32.6 Å². The zero-order valence-electron chi connectivity index (χ0n) is 10.8. The van der Waals surface area contributed by atoms with E-state index < -0.39 is 11.8 Å². The molecule has 0 aromatic rings. The summed E-state index contributed by atoms with van der Waals surface area (Å²) >= 11 is 4.62. The second kappa shape index (κ2) is 7.03. The van der Waals surface area contributed by atoms with Gasteiger partial charge in [0.1, 0.15) is 0 Å². The third-order valence-corrected chi connectivity index (χ3v) is 2.99. The molecule has 3 amide bonds. The molecule has 8 heteroatoms. The van der Waals surface area contributed by atoms with Gasteiger partial charge in [-0.2, -0.15) is 0 Å². The Labute approximate surface area is 117 Å². The minimum absolute atomic E-state index is 0.00726. The maximum absolute atomic E-state index is 11.9. The van der Waals surface area contributed by atoms with Crippen molar-refractivity contribution in [2.24, 2.45) is 5.73 Å². The van der Waals surface area contributed by atoms with Gasteiger partial charge in [0.2, 0.25) is 5.91 Å². The predicted octanol–water partition coefficient (Wildman–Crippen LogP) is -1.53. The Bertz CT molecular complexity index is 399. The fourth-order valence-corrected chi connectivity index (χ4v) is 1.89. The number of rotatable bonds is 2. The topological polar surface area (TPSA) is 95.7 Å².